The lowest BCUT2D eigenvalue weighted by atomic mass is 10.2. The maximum atomic E-state index is 10.6. The van der Waals surface area contributed by atoms with Gasteiger partial charge < -0.3 is 9.52 Å². The van der Waals surface area contributed by atoms with E-state index >= 15 is 0 Å². The lowest BCUT2D eigenvalue weighted by Crippen LogP contribution is -1.90. The SMILES string of the molecule is O=C(Cl)Cc1oc2ccccc2c1O. The number of hydrogen-bond donors (Lipinski definition) is 1. The fourth-order valence-electron chi connectivity index (χ4n) is 1.33. The number of hydrogen-bond acceptors (Lipinski definition) is 3. The Labute approximate surface area is 84.9 Å². The number of para-hydroxylation sites is 1. The predicted octanol–water partition coefficient (Wildman–Crippen LogP) is 2.45. The first-order chi connectivity index (χ1) is 6.68. The number of furan rings is 1. The van der Waals surface area contributed by atoms with Crippen LogP contribution in [-0.4, -0.2) is 10.3 Å². The lowest BCUT2D eigenvalue weighted by Gasteiger charge is -1.89. The Balaban J connectivity index is 2.57. The fraction of sp³-hybridized carbons (Fsp3) is 0.100. The minimum Gasteiger partial charge on any atom is -0.504 e. The van der Waals surface area contributed by atoms with Crippen LogP contribution in [0, 0.1) is 0 Å². The van der Waals surface area contributed by atoms with Crippen molar-refractivity contribution in [2.75, 3.05) is 0 Å². The Morgan fingerprint density at radius 3 is 2.79 bits per heavy atom. The summed E-state index contributed by atoms with van der Waals surface area (Å²) in [4.78, 5) is 10.6. The molecule has 3 nitrogen and oxygen atoms in total. The molecule has 0 unspecified atom stereocenters. The topological polar surface area (TPSA) is 50.4 Å². The number of rotatable bonds is 2. The highest BCUT2D eigenvalue weighted by Crippen LogP contribution is 2.32. The van der Waals surface area contributed by atoms with E-state index in [1.807, 2.05) is 0 Å². The first-order valence-electron chi connectivity index (χ1n) is 4.06. The van der Waals surface area contributed by atoms with Crippen molar-refractivity contribution < 1.29 is 14.3 Å². The van der Waals surface area contributed by atoms with Crippen LogP contribution in [0.4, 0.5) is 0 Å². The molecule has 0 fully saturated rings. The Kier molecular flexibility index (Phi) is 2.17. The zero-order chi connectivity index (χ0) is 10.1. The summed E-state index contributed by atoms with van der Waals surface area (Å²) >= 11 is 5.20. The molecular formula is C10H7ClO3. The molecule has 14 heavy (non-hydrogen) atoms. The van der Waals surface area contributed by atoms with Gasteiger partial charge in [0.1, 0.15) is 5.58 Å². The molecule has 0 atom stereocenters. The van der Waals surface area contributed by atoms with Gasteiger partial charge in [0.2, 0.25) is 5.24 Å². The largest absolute Gasteiger partial charge is 0.504 e. The second-order valence-electron chi connectivity index (χ2n) is 2.90. The van der Waals surface area contributed by atoms with E-state index in [1.54, 1.807) is 24.3 Å². The highest BCUT2D eigenvalue weighted by Gasteiger charge is 2.14. The molecule has 2 aromatic rings. The number of halogens is 1. The zero-order valence-corrected chi connectivity index (χ0v) is 7.91. The molecule has 1 N–H and O–H groups in total. The van der Waals surface area contributed by atoms with Gasteiger partial charge in [0.15, 0.2) is 11.5 Å². The molecule has 0 saturated carbocycles. The molecule has 1 aromatic heterocycles. The van der Waals surface area contributed by atoms with E-state index in [0.29, 0.717) is 11.0 Å². The van der Waals surface area contributed by atoms with Crippen molar-refractivity contribution in [3.8, 4) is 5.75 Å². The zero-order valence-electron chi connectivity index (χ0n) is 7.16. The van der Waals surface area contributed by atoms with Gasteiger partial charge in [-0.1, -0.05) is 12.1 Å². The molecular weight excluding hydrogens is 204 g/mol. The highest BCUT2D eigenvalue weighted by atomic mass is 35.5. The third-order valence-corrected chi connectivity index (χ3v) is 2.07. The van der Waals surface area contributed by atoms with Crippen LogP contribution in [0.25, 0.3) is 11.0 Å². The summed E-state index contributed by atoms with van der Waals surface area (Å²) in [5.41, 5.74) is 0.554. The van der Waals surface area contributed by atoms with Gasteiger partial charge in [-0.15, -0.1) is 0 Å². The third-order valence-electron chi connectivity index (χ3n) is 1.94. The quantitative estimate of drug-likeness (QED) is 0.775. The number of fused-ring (bicyclic) bond motifs is 1. The van der Waals surface area contributed by atoms with E-state index < -0.39 is 5.24 Å². The molecule has 1 aromatic carbocycles. The van der Waals surface area contributed by atoms with Crippen molar-refractivity contribution in [3.05, 3.63) is 30.0 Å². The Morgan fingerprint density at radius 1 is 1.43 bits per heavy atom. The first-order valence-corrected chi connectivity index (χ1v) is 4.44. The molecule has 1 heterocycles. The van der Waals surface area contributed by atoms with Crippen LogP contribution in [-0.2, 0) is 11.2 Å². The third kappa shape index (κ3) is 1.46. The van der Waals surface area contributed by atoms with E-state index in [-0.39, 0.29) is 17.9 Å². The van der Waals surface area contributed by atoms with Crippen molar-refractivity contribution in [1.29, 1.82) is 0 Å². The molecule has 0 spiro atoms. The van der Waals surface area contributed by atoms with E-state index in [2.05, 4.69) is 0 Å². The average molecular weight is 211 g/mol. The smallest absolute Gasteiger partial charge is 0.229 e. The molecule has 0 aliphatic heterocycles. The van der Waals surface area contributed by atoms with Gasteiger partial charge in [-0.25, -0.2) is 0 Å². The maximum absolute atomic E-state index is 10.6. The molecule has 0 bridgehead atoms. The van der Waals surface area contributed by atoms with Crippen LogP contribution >= 0.6 is 11.6 Å². The average Bonchev–Trinajstić information content (AvgIpc) is 2.44. The van der Waals surface area contributed by atoms with Crippen LogP contribution in [0.5, 0.6) is 5.75 Å². The normalized spacial score (nSPS) is 10.6. The van der Waals surface area contributed by atoms with E-state index in [4.69, 9.17) is 16.0 Å². The summed E-state index contributed by atoms with van der Waals surface area (Å²) in [5.74, 6) is 0.209. The highest BCUT2D eigenvalue weighted by molar-refractivity contribution is 6.63. The van der Waals surface area contributed by atoms with Gasteiger partial charge in [0, 0.05) is 0 Å². The van der Waals surface area contributed by atoms with E-state index in [0.717, 1.165) is 0 Å². The van der Waals surface area contributed by atoms with Crippen molar-refractivity contribution in [1.82, 2.24) is 0 Å². The van der Waals surface area contributed by atoms with Gasteiger partial charge in [-0.3, -0.25) is 4.79 Å². The molecule has 0 amide bonds. The summed E-state index contributed by atoms with van der Waals surface area (Å²) in [6.45, 7) is 0. The van der Waals surface area contributed by atoms with Crippen molar-refractivity contribution in [2.24, 2.45) is 0 Å². The van der Waals surface area contributed by atoms with E-state index in [9.17, 15) is 9.90 Å². The van der Waals surface area contributed by atoms with Gasteiger partial charge in [-0.05, 0) is 23.7 Å². The monoisotopic (exact) mass is 210 g/mol. The molecule has 0 saturated heterocycles. The van der Waals surface area contributed by atoms with E-state index in [1.165, 1.54) is 0 Å². The fourth-order valence-corrected chi connectivity index (χ4v) is 1.45. The molecule has 0 radical (unpaired) electrons. The second kappa shape index (κ2) is 3.35. The van der Waals surface area contributed by atoms with Crippen LogP contribution in [0.15, 0.2) is 28.7 Å². The number of carbonyl (C=O) groups excluding carboxylic acids is 1. The van der Waals surface area contributed by atoms with Crippen LogP contribution < -0.4 is 0 Å². The number of aromatic hydroxyl groups is 1. The Hall–Kier alpha value is -1.48. The molecule has 72 valence electrons. The van der Waals surface area contributed by atoms with Crippen LogP contribution in [0.3, 0.4) is 0 Å². The summed E-state index contributed by atoms with van der Waals surface area (Å²) < 4.78 is 5.25. The Morgan fingerprint density at radius 2 is 2.14 bits per heavy atom. The molecule has 4 heteroatoms. The molecule has 0 aliphatic carbocycles. The van der Waals surface area contributed by atoms with Gasteiger partial charge >= 0.3 is 0 Å². The van der Waals surface area contributed by atoms with Crippen molar-refractivity contribution in [2.45, 2.75) is 6.42 Å². The first kappa shape index (κ1) is 9.09. The van der Waals surface area contributed by atoms with Crippen molar-refractivity contribution in [3.63, 3.8) is 0 Å². The standard InChI is InChI=1S/C10H7ClO3/c11-9(12)5-8-10(13)6-3-1-2-4-7(6)14-8/h1-4,13H,5H2. The number of benzene rings is 1. The van der Waals surface area contributed by atoms with Gasteiger partial charge in [-0.2, -0.15) is 0 Å². The summed E-state index contributed by atoms with van der Waals surface area (Å²) in [6.07, 6.45) is -0.0952. The van der Waals surface area contributed by atoms with Crippen LogP contribution in [0.1, 0.15) is 5.76 Å². The minimum absolute atomic E-state index is 0.00500. The summed E-state index contributed by atoms with van der Waals surface area (Å²) in [6, 6.07) is 7.01. The summed E-state index contributed by atoms with van der Waals surface area (Å²) in [5, 5.41) is 9.68. The lowest BCUT2D eigenvalue weighted by molar-refractivity contribution is -0.111. The summed E-state index contributed by atoms with van der Waals surface area (Å²) in [7, 11) is 0. The second-order valence-corrected chi connectivity index (χ2v) is 3.32. The van der Waals surface area contributed by atoms with Gasteiger partial charge in [0.05, 0.1) is 11.8 Å². The predicted molar refractivity (Wildman–Crippen MR) is 52.4 cm³/mol. The Bertz CT molecular complexity index is 487. The van der Waals surface area contributed by atoms with Gasteiger partial charge in [0.25, 0.3) is 0 Å². The van der Waals surface area contributed by atoms with Crippen LogP contribution in [0.2, 0.25) is 0 Å². The van der Waals surface area contributed by atoms with Crippen molar-refractivity contribution >= 4 is 27.8 Å². The molecule has 2 rings (SSSR count). The number of carbonyl (C=O) groups is 1. The minimum atomic E-state index is -0.556. The maximum Gasteiger partial charge on any atom is 0.229 e. The molecule has 0 aliphatic rings.